The van der Waals surface area contributed by atoms with E-state index in [4.69, 9.17) is 14.6 Å². The highest BCUT2D eigenvalue weighted by molar-refractivity contribution is 7.89. The van der Waals surface area contributed by atoms with Crippen LogP contribution in [0.3, 0.4) is 0 Å². The van der Waals surface area contributed by atoms with Gasteiger partial charge in [0, 0.05) is 4.88 Å². The van der Waals surface area contributed by atoms with Crippen LogP contribution in [0.5, 0.6) is 0 Å². The van der Waals surface area contributed by atoms with Crippen molar-refractivity contribution in [3.63, 3.8) is 0 Å². The van der Waals surface area contributed by atoms with Gasteiger partial charge in [-0.1, -0.05) is 13.0 Å². The molecule has 1 unspecified atom stereocenters. The smallest absolute Gasteiger partial charge is 0.341 e. The fourth-order valence-electron chi connectivity index (χ4n) is 3.63. The number of carbonyl (C=O) groups excluding carboxylic acids is 3. The molecule has 0 fully saturated rings. The molecule has 0 spiro atoms. The van der Waals surface area contributed by atoms with E-state index in [1.54, 1.807) is 13.8 Å². The zero-order valence-corrected chi connectivity index (χ0v) is 20.2. The van der Waals surface area contributed by atoms with Gasteiger partial charge < -0.3 is 14.8 Å². The van der Waals surface area contributed by atoms with Crippen molar-refractivity contribution < 1.29 is 32.3 Å². The number of anilines is 1. The number of nitrogens with one attached hydrogen (secondary N) is 1. The van der Waals surface area contributed by atoms with E-state index in [1.807, 2.05) is 0 Å². The number of rotatable bonds is 7. The topological polar surface area (TPSA) is 142 Å². The first kappa shape index (κ1) is 24.9. The summed E-state index contributed by atoms with van der Waals surface area (Å²) in [4.78, 5) is 38.3. The van der Waals surface area contributed by atoms with Gasteiger partial charge in [-0.25, -0.2) is 23.1 Å². The molecule has 1 atom stereocenters. The maximum Gasteiger partial charge on any atom is 0.341 e. The van der Waals surface area contributed by atoms with Crippen molar-refractivity contribution in [2.24, 2.45) is 11.1 Å². The molecule has 0 saturated heterocycles. The maximum atomic E-state index is 12.6. The Morgan fingerprint density at radius 2 is 1.94 bits per heavy atom. The third-order valence-electron chi connectivity index (χ3n) is 5.34. The highest BCUT2D eigenvalue weighted by atomic mass is 32.2. The molecule has 1 aromatic heterocycles. The average Bonchev–Trinajstić information content (AvgIpc) is 3.08. The van der Waals surface area contributed by atoms with E-state index in [1.165, 1.54) is 23.5 Å². The quantitative estimate of drug-likeness (QED) is 0.564. The number of primary sulfonamides is 1. The summed E-state index contributed by atoms with van der Waals surface area (Å²) < 4.78 is 33.4. The molecular formula is C22H26N2O7S2. The first-order valence-electron chi connectivity index (χ1n) is 10.4. The Hall–Kier alpha value is -2.76. The van der Waals surface area contributed by atoms with Crippen LogP contribution in [-0.4, -0.2) is 39.5 Å². The number of sulfonamides is 1. The summed E-state index contributed by atoms with van der Waals surface area (Å²) in [6.45, 7) is 5.05. The van der Waals surface area contributed by atoms with Crippen molar-refractivity contribution in [2.45, 2.75) is 44.9 Å². The van der Waals surface area contributed by atoms with E-state index in [-0.39, 0.29) is 17.1 Å². The van der Waals surface area contributed by atoms with E-state index < -0.39 is 34.5 Å². The minimum atomic E-state index is -4.00. The molecule has 178 valence electrons. The number of esters is 2. The molecule has 3 N–H and O–H groups in total. The monoisotopic (exact) mass is 494 g/mol. The van der Waals surface area contributed by atoms with Crippen LogP contribution in [0.1, 0.15) is 57.0 Å². The zero-order valence-electron chi connectivity index (χ0n) is 18.6. The number of nitrogens with two attached hydrogens (primary N) is 1. The lowest BCUT2D eigenvalue weighted by Crippen LogP contribution is -2.22. The van der Waals surface area contributed by atoms with Crippen molar-refractivity contribution >= 4 is 44.2 Å². The third kappa shape index (κ3) is 5.79. The molecule has 3 rings (SSSR count). The Morgan fingerprint density at radius 1 is 1.21 bits per heavy atom. The molecule has 1 heterocycles. The van der Waals surface area contributed by atoms with E-state index >= 15 is 0 Å². The van der Waals surface area contributed by atoms with Crippen molar-refractivity contribution in [3.05, 3.63) is 45.3 Å². The normalized spacial score (nSPS) is 15.5. The van der Waals surface area contributed by atoms with Crippen LogP contribution in [0.25, 0.3) is 0 Å². The van der Waals surface area contributed by atoms with Gasteiger partial charge in [0.25, 0.3) is 5.91 Å². The standard InChI is InChI=1S/C22H26N2O7S2/c1-4-30-22(27)19-15-8-5-12(2)9-17(15)32-20(19)24-18(25)11-31-21(26)16-10-14(33(23,28)29)7-6-13(16)3/h6-7,10,12H,4-5,8-9,11H2,1-3H3,(H,24,25)(H2,23,28,29). The number of hydrogen-bond acceptors (Lipinski definition) is 8. The lowest BCUT2D eigenvalue weighted by molar-refractivity contribution is -0.119. The van der Waals surface area contributed by atoms with E-state index in [2.05, 4.69) is 12.2 Å². The number of ether oxygens (including phenoxy) is 2. The summed E-state index contributed by atoms with van der Waals surface area (Å²) in [7, 11) is -4.00. The second-order valence-electron chi connectivity index (χ2n) is 7.92. The number of thiophene rings is 1. The number of aryl methyl sites for hydroxylation is 1. The van der Waals surface area contributed by atoms with Gasteiger partial charge in [-0.2, -0.15) is 0 Å². The number of benzene rings is 1. The van der Waals surface area contributed by atoms with Gasteiger partial charge in [0.2, 0.25) is 10.0 Å². The second-order valence-corrected chi connectivity index (χ2v) is 10.6. The van der Waals surface area contributed by atoms with Crippen LogP contribution in [0, 0.1) is 12.8 Å². The van der Waals surface area contributed by atoms with Crippen molar-refractivity contribution in [2.75, 3.05) is 18.5 Å². The van der Waals surface area contributed by atoms with E-state index in [9.17, 15) is 22.8 Å². The summed E-state index contributed by atoms with van der Waals surface area (Å²) in [5.41, 5.74) is 1.72. The predicted octanol–water partition coefficient (Wildman–Crippen LogP) is 2.80. The predicted molar refractivity (Wildman–Crippen MR) is 123 cm³/mol. The summed E-state index contributed by atoms with van der Waals surface area (Å²) in [5.74, 6) is -1.50. The van der Waals surface area contributed by atoms with Crippen LogP contribution in [0.2, 0.25) is 0 Å². The number of amides is 1. The zero-order chi connectivity index (χ0) is 24.3. The molecule has 0 saturated carbocycles. The first-order chi connectivity index (χ1) is 15.5. The summed E-state index contributed by atoms with van der Waals surface area (Å²) in [6.07, 6.45) is 2.49. The summed E-state index contributed by atoms with van der Waals surface area (Å²) in [5, 5.41) is 8.15. The lowest BCUT2D eigenvalue weighted by atomic mass is 9.88. The Bertz CT molecular complexity index is 1200. The number of carbonyl (C=O) groups is 3. The molecule has 1 amide bonds. The van der Waals surface area contributed by atoms with Crippen molar-refractivity contribution in [1.82, 2.24) is 0 Å². The molecule has 1 aliphatic carbocycles. The third-order valence-corrected chi connectivity index (χ3v) is 7.42. The molecule has 11 heteroatoms. The van der Waals surface area contributed by atoms with Gasteiger partial charge >= 0.3 is 11.9 Å². The van der Waals surface area contributed by atoms with Crippen LogP contribution in [-0.2, 0) is 37.1 Å². The fourth-order valence-corrected chi connectivity index (χ4v) is 5.58. The minimum absolute atomic E-state index is 0.0119. The molecule has 0 aliphatic heterocycles. The van der Waals surface area contributed by atoms with Crippen LogP contribution < -0.4 is 10.5 Å². The molecule has 2 aromatic rings. The Kier molecular flexibility index (Phi) is 7.55. The highest BCUT2D eigenvalue weighted by Gasteiger charge is 2.29. The molecule has 0 bridgehead atoms. The second kappa shape index (κ2) is 10.0. The van der Waals surface area contributed by atoms with Gasteiger partial charge in [-0.3, -0.25) is 4.79 Å². The molecule has 0 radical (unpaired) electrons. The van der Waals surface area contributed by atoms with Gasteiger partial charge in [0.1, 0.15) is 5.00 Å². The molecule has 9 nitrogen and oxygen atoms in total. The molecular weight excluding hydrogens is 468 g/mol. The Morgan fingerprint density at radius 3 is 2.61 bits per heavy atom. The molecule has 1 aliphatic rings. The molecule has 33 heavy (non-hydrogen) atoms. The van der Waals surface area contributed by atoms with Gasteiger partial charge in [-0.05, 0) is 62.3 Å². The minimum Gasteiger partial charge on any atom is -0.462 e. The van der Waals surface area contributed by atoms with Crippen molar-refractivity contribution in [1.29, 1.82) is 0 Å². The Balaban J connectivity index is 1.74. The van der Waals surface area contributed by atoms with Crippen LogP contribution in [0.15, 0.2) is 23.1 Å². The van der Waals surface area contributed by atoms with Crippen molar-refractivity contribution in [3.8, 4) is 0 Å². The number of hydrogen-bond donors (Lipinski definition) is 2. The summed E-state index contributed by atoms with van der Waals surface area (Å²) in [6, 6.07) is 3.82. The van der Waals surface area contributed by atoms with E-state index in [0.29, 0.717) is 22.0 Å². The largest absolute Gasteiger partial charge is 0.462 e. The van der Waals surface area contributed by atoms with Crippen LogP contribution >= 0.6 is 11.3 Å². The number of fused-ring (bicyclic) bond motifs is 1. The van der Waals surface area contributed by atoms with E-state index in [0.717, 1.165) is 35.8 Å². The maximum absolute atomic E-state index is 12.6. The average molecular weight is 495 g/mol. The van der Waals surface area contributed by atoms with Gasteiger partial charge in [-0.15, -0.1) is 11.3 Å². The van der Waals surface area contributed by atoms with Crippen LogP contribution in [0.4, 0.5) is 5.00 Å². The SMILES string of the molecule is CCOC(=O)c1c(NC(=O)COC(=O)c2cc(S(N)(=O)=O)ccc2C)sc2c1CCC(C)C2. The summed E-state index contributed by atoms with van der Waals surface area (Å²) >= 11 is 1.33. The lowest BCUT2D eigenvalue weighted by Gasteiger charge is -2.18. The fraction of sp³-hybridized carbons (Fsp3) is 0.409. The first-order valence-corrected chi connectivity index (χ1v) is 12.8. The molecule has 1 aromatic carbocycles. The van der Waals surface area contributed by atoms with Gasteiger partial charge in [0.15, 0.2) is 6.61 Å². The Labute approximate surface area is 196 Å². The highest BCUT2D eigenvalue weighted by Crippen LogP contribution is 2.40. The van der Waals surface area contributed by atoms with Gasteiger partial charge in [0.05, 0.1) is 22.6 Å².